The van der Waals surface area contributed by atoms with Gasteiger partial charge in [-0.05, 0) is 35.7 Å². The molecule has 0 radical (unpaired) electrons. The highest BCUT2D eigenvalue weighted by Crippen LogP contribution is 2.31. The average molecular weight is 315 g/mol. The van der Waals surface area contributed by atoms with Gasteiger partial charge in [0.25, 0.3) is 0 Å². The molecule has 1 aromatic heterocycles. The lowest BCUT2D eigenvalue weighted by Crippen LogP contribution is -2.40. The molecular weight excluding hydrogens is 296 g/mol. The number of rotatable bonds is 4. The van der Waals surface area contributed by atoms with E-state index >= 15 is 0 Å². The number of nitrogens with one attached hydrogen (secondary N) is 1. The minimum atomic E-state index is 0.309. The minimum Gasteiger partial charge on any atom is -0.377 e. The minimum absolute atomic E-state index is 0.309. The SMILES string of the molecule is CCOC1CCCN(c2ncnc(NC)c2Br)C1. The van der Waals surface area contributed by atoms with Crippen molar-refractivity contribution in [3.8, 4) is 0 Å². The molecule has 0 amide bonds. The van der Waals surface area contributed by atoms with Crippen LogP contribution in [0.3, 0.4) is 0 Å². The fourth-order valence-corrected chi connectivity index (χ4v) is 2.91. The Morgan fingerprint density at radius 2 is 2.39 bits per heavy atom. The van der Waals surface area contributed by atoms with Crippen LogP contribution in [-0.4, -0.2) is 42.8 Å². The Morgan fingerprint density at radius 1 is 1.56 bits per heavy atom. The topological polar surface area (TPSA) is 50.3 Å². The van der Waals surface area contributed by atoms with Crippen molar-refractivity contribution in [1.29, 1.82) is 0 Å². The monoisotopic (exact) mass is 314 g/mol. The zero-order chi connectivity index (χ0) is 13.0. The molecule has 1 aromatic rings. The molecule has 6 heteroatoms. The zero-order valence-electron chi connectivity index (χ0n) is 10.8. The lowest BCUT2D eigenvalue weighted by Gasteiger charge is -2.33. The van der Waals surface area contributed by atoms with Crippen molar-refractivity contribution < 1.29 is 4.74 Å². The summed E-state index contributed by atoms with van der Waals surface area (Å²) in [6, 6.07) is 0. The number of hydrogen-bond acceptors (Lipinski definition) is 5. The van der Waals surface area contributed by atoms with Crippen LogP contribution in [0.2, 0.25) is 0 Å². The van der Waals surface area contributed by atoms with E-state index in [-0.39, 0.29) is 0 Å². The second-order valence-corrected chi connectivity index (χ2v) is 5.07. The molecule has 2 rings (SSSR count). The van der Waals surface area contributed by atoms with Gasteiger partial charge in [-0.25, -0.2) is 9.97 Å². The highest BCUT2D eigenvalue weighted by atomic mass is 79.9. The summed E-state index contributed by atoms with van der Waals surface area (Å²) in [6.45, 7) is 4.72. The van der Waals surface area contributed by atoms with Crippen molar-refractivity contribution in [1.82, 2.24) is 9.97 Å². The van der Waals surface area contributed by atoms with Crippen LogP contribution >= 0.6 is 15.9 Å². The molecule has 1 fully saturated rings. The number of nitrogens with zero attached hydrogens (tertiary/aromatic N) is 3. The van der Waals surface area contributed by atoms with Gasteiger partial charge in [0.05, 0.1) is 6.10 Å². The van der Waals surface area contributed by atoms with Crippen LogP contribution in [0.4, 0.5) is 11.6 Å². The van der Waals surface area contributed by atoms with Gasteiger partial charge in [-0.1, -0.05) is 0 Å². The van der Waals surface area contributed by atoms with E-state index in [4.69, 9.17) is 4.74 Å². The number of halogens is 1. The Hall–Kier alpha value is -0.880. The van der Waals surface area contributed by atoms with Crippen LogP contribution in [-0.2, 0) is 4.74 Å². The second-order valence-electron chi connectivity index (χ2n) is 4.28. The summed E-state index contributed by atoms with van der Waals surface area (Å²) in [6.07, 6.45) is 4.17. The summed E-state index contributed by atoms with van der Waals surface area (Å²) < 4.78 is 6.64. The van der Waals surface area contributed by atoms with Gasteiger partial charge in [0.2, 0.25) is 0 Å². The first-order valence-corrected chi connectivity index (χ1v) is 7.10. The molecule has 1 atom stereocenters. The first-order valence-electron chi connectivity index (χ1n) is 6.31. The van der Waals surface area contributed by atoms with Crippen LogP contribution in [0.15, 0.2) is 10.8 Å². The van der Waals surface area contributed by atoms with E-state index in [0.29, 0.717) is 6.10 Å². The maximum Gasteiger partial charge on any atom is 0.148 e. The third kappa shape index (κ3) is 2.92. The van der Waals surface area contributed by atoms with Crippen molar-refractivity contribution >= 4 is 27.6 Å². The lowest BCUT2D eigenvalue weighted by molar-refractivity contribution is 0.0525. The van der Waals surface area contributed by atoms with Crippen molar-refractivity contribution in [3.05, 3.63) is 10.8 Å². The maximum absolute atomic E-state index is 5.71. The molecule has 0 spiro atoms. The molecule has 0 aliphatic carbocycles. The van der Waals surface area contributed by atoms with E-state index in [1.807, 2.05) is 14.0 Å². The molecule has 2 heterocycles. The molecule has 1 unspecified atom stereocenters. The summed E-state index contributed by atoms with van der Waals surface area (Å²) in [4.78, 5) is 10.8. The molecule has 18 heavy (non-hydrogen) atoms. The molecule has 1 aliphatic heterocycles. The van der Waals surface area contributed by atoms with E-state index < -0.39 is 0 Å². The van der Waals surface area contributed by atoms with Gasteiger partial charge in [0.15, 0.2) is 0 Å². The largest absolute Gasteiger partial charge is 0.377 e. The number of aromatic nitrogens is 2. The van der Waals surface area contributed by atoms with Gasteiger partial charge in [-0.2, -0.15) is 0 Å². The van der Waals surface area contributed by atoms with Crippen LogP contribution < -0.4 is 10.2 Å². The van der Waals surface area contributed by atoms with E-state index in [0.717, 1.165) is 48.6 Å². The van der Waals surface area contributed by atoms with Crippen LogP contribution in [0.5, 0.6) is 0 Å². The van der Waals surface area contributed by atoms with Gasteiger partial charge in [-0.3, -0.25) is 0 Å². The zero-order valence-corrected chi connectivity index (χ0v) is 12.4. The molecule has 100 valence electrons. The molecule has 1 N–H and O–H groups in total. The average Bonchev–Trinajstić information content (AvgIpc) is 2.40. The normalized spacial score (nSPS) is 19.9. The predicted octanol–water partition coefficient (Wildman–Crippen LogP) is 2.29. The van der Waals surface area contributed by atoms with Crippen molar-refractivity contribution in [2.45, 2.75) is 25.9 Å². The number of anilines is 2. The Balaban J connectivity index is 2.15. The summed E-state index contributed by atoms with van der Waals surface area (Å²) in [7, 11) is 1.86. The molecule has 1 saturated heterocycles. The Bertz CT molecular complexity index is 400. The van der Waals surface area contributed by atoms with E-state index in [9.17, 15) is 0 Å². The molecular formula is C12H19BrN4O. The van der Waals surface area contributed by atoms with Crippen molar-refractivity contribution in [3.63, 3.8) is 0 Å². The third-order valence-corrected chi connectivity index (χ3v) is 3.82. The van der Waals surface area contributed by atoms with Gasteiger partial charge in [0.1, 0.15) is 22.4 Å². The molecule has 5 nitrogen and oxygen atoms in total. The van der Waals surface area contributed by atoms with Gasteiger partial charge in [0, 0.05) is 26.7 Å². The fourth-order valence-electron chi connectivity index (χ4n) is 2.26. The maximum atomic E-state index is 5.71. The van der Waals surface area contributed by atoms with Crippen molar-refractivity contribution in [2.75, 3.05) is 37.0 Å². The highest BCUT2D eigenvalue weighted by Gasteiger charge is 2.23. The highest BCUT2D eigenvalue weighted by molar-refractivity contribution is 9.10. The summed E-state index contributed by atoms with van der Waals surface area (Å²) >= 11 is 3.57. The summed E-state index contributed by atoms with van der Waals surface area (Å²) in [5.41, 5.74) is 0. The standard InChI is InChI=1S/C12H19BrN4O/c1-3-18-9-5-4-6-17(7-9)12-10(13)11(14-2)15-8-16-12/h8-9H,3-7H2,1-2H3,(H,14,15,16). The van der Waals surface area contributed by atoms with Gasteiger partial charge >= 0.3 is 0 Å². The van der Waals surface area contributed by atoms with Crippen LogP contribution in [0, 0.1) is 0 Å². The fraction of sp³-hybridized carbons (Fsp3) is 0.667. The van der Waals surface area contributed by atoms with Gasteiger partial charge in [-0.15, -0.1) is 0 Å². The summed E-state index contributed by atoms with van der Waals surface area (Å²) in [5, 5.41) is 3.06. The van der Waals surface area contributed by atoms with Crippen LogP contribution in [0.25, 0.3) is 0 Å². The Morgan fingerprint density at radius 3 is 3.11 bits per heavy atom. The van der Waals surface area contributed by atoms with Crippen molar-refractivity contribution in [2.24, 2.45) is 0 Å². The molecule has 0 saturated carbocycles. The van der Waals surface area contributed by atoms with E-state index in [2.05, 4.69) is 36.1 Å². The van der Waals surface area contributed by atoms with E-state index in [1.165, 1.54) is 0 Å². The second kappa shape index (κ2) is 6.33. The predicted molar refractivity (Wildman–Crippen MR) is 76.1 cm³/mol. The molecule has 0 bridgehead atoms. The Kier molecular flexibility index (Phi) is 4.77. The number of hydrogen-bond donors (Lipinski definition) is 1. The quantitative estimate of drug-likeness (QED) is 0.924. The van der Waals surface area contributed by atoms with Crippen LogP contribution in [0.1, 0.15) is 19.8 Å². The summed E-state index contributed by atoms with van der Waals surface area (Å²) in [5.74, 6) is 1.76. The smallest absolute Gasteiger partial charge is 0.148 e. The molecule has 1 aliphatic rings. The lowest BCUT2D eigenvalue weighted by atomic mass is 10.1. The Labute approximate surface area is 116 Å². The third-order valence-electron chi connectivity index (χ3n) is 3.09. The first kappa shape index (κ1) is 13.5. The number of ether oxygens (including phenoxy) is 1. The molecule has 0 aromatic carbocycles. The number of piperidine rings is 1. The van der Waals surface area contributed by atoms with Gasteiger partial charge < -0.3 is 15.0 Å². The van der Waals surface area contributed by atoms with E-state index in [1.54, 1.807) is 6.33 Å². The first-order chi connectivity index (χ1) is 8.76.